The number of ether oxygens (including phenoxy) is 1. The largest absolute Gasteiger partial charge is 0.495 e. The van der Waals surface area contributed by atoms with Gasteiger partial charge < -0.3 is 15.0 Å². The first-order valence-electron chi connectivity index (χ1n) is 8.61. The van der Waals surface area contributed by atoms with E-state index in [1.165, 1.54) is 32.2 Å². The zero-order valence-electron chi connectivity index (χ0n) is 15.8. The first kappa shape index (κ1) is 20.4. The number of rotatable bonds is 7. The van der Waals surface area contributed by atoms with Crippen LogP contribution in [0.15, 0.2) is 53.6 Å². The molecule has 0 atom stereocenters. The molecule has 152 valence electrons. The number of carbonyl (C=O) groups is 2. The molecule has 0 aliphatic carbocycles. The first-order chi connectivity index (χ1) is 13.8. The summed E-state index contributed by atoms with van der Waals surface area (Å²) in [6.07, 6.45) is 1.71. The maximum absolute atomic E-state index is 12.5. The molecule has 0 saturated carbocycles. The maximum atomic E-state index is 12.5. The maximum Gasteiger partial charge on any atom is 0.257 e. The fraction of sp³-hybridized carbons (Fsp3) is 0.158. The van der Waals surface area contributed by atoms with Crippen LogP contribution in [0.2, 0.25) is 0 Å². The number of hydrogen-bond acceptors (Lipinski definition) is 5. The van der Waals surface area contributed by atoms with Crippen LogP contribution in [0.5, 0.6) is 5.75 Å². The SMILES string of the molecule is COc1cc(S(=O)(=O)NNC(=O)Cc2c[nH]c3ccccc23)ccc1NC(C)=O. The summed E-state index contributed by atoms with van der Waals surface area (Å²) in [5.41, 5.74) is 4.18. The Hall–Kier alpha value is -3.37. The number of aromatic amines is 1. The molecule has 10 heteroatoms. The number of hydrazine groups is 1. The number of carbonyl (C=O) groups excluding carboxylic acids is 2. The van der Waals surface area contributed by atoms with Crippen molar-refractivity contribution in [2.24, 2.45) is 0 Å². The predicted molar refractivity (Wildman–Crippen MR) is 108 cm³/mol. The van der Waals surface area contributed by atoms with Crippen LogP contribution in [0, 0.1) is 0 Å². The van der Waals surface area contributed by atoms with Gasteiger partial charge in [0.15, 0.2) is 0 Å². The van der Waals surface area contributed by atoms with Gasteiger partial charge >= 0.3 is 0 Å². The lowest BCUT2D eigenvalue weighted by molar-refractivity contribution is -0.121. The third-order valence-corrected chi connectivity index (χ3v) is 5.39. The zero-order valence-corrected chi connectivity index (χ0v) is 16.6. The van der Waals surface area contributed by atoms with Gasteiger partial charge in [0.05, 0.1) is 24.1 Å². The number of amides is 2. The normalized spacial score (nSPS) is 11.2. The summed E-state index contributed by atoms with van der Waals surface area (Å²) in [6, 6.07) is 11.4. The average Bonchev–Trinajstić information content (AvgIpc) is 3.09. The van der Waals surface area contributed by atoms with Gasteiger partial charge in [0, 0.05) is 30.1 Å². The lowest BCUT2D eigenvalue weighted by atomic mass is 10.1. The molecule has 9 nitrogen and oxygen atoms in total. The van der Waals surface area contributed by atoms with Gasteiger partial charge in [0.1, 0.15) is 5.75 Å². The Balaban J connectivity index is 1.69. The number of nitrogens with one attached hydrogen (secondary N) is 4. The molecule has 3 rings (SSSR count). The number of methoxy groups -OCH3 is 1. The van der Waals surface area contributed by atoms with Gasteiger partial charge in [-0.05, 0) is 23.8 Å². The van der Waals surface area contributed by atoms with Crippen molar-refractivity contribution in [3.8, 4) is 5.75 Å². The van der Waals surface area contributed by atoms with E-state index >= 15 is 0 Å². The topological polar surface area (TPSA) is 129 Å². The number of sulfonamides is 1. The van der Waals surface area contributed by atoms with Crippen LogP contribution >= 0.6 is 0 Å². The smallest absolute Gasteiger partial charge is 0.257 e. The second-order valence-corrected chi connectivity index (χ2v) is 7.92. The van der Waals surface area contributed by atoms with Crippen molar-refractivity contribution >= 4 is 38.4 Å². The van der Waals surface area contributed by atoms with E-state index in [0.29, 0.717) is 5.69 Å². The summed E-state index contributed by atoms with van der Waals surface area (Å²) in [5.74, 6) is -0.657. The standard InChI is InChI=1S/C19H20N4O5S/c1-12(24)21-17-8-7-14(10-18(17)28-2)29(26,27)23-22-19(25)9-13-11-20-16-6-4-3-5-15(13)16/h3-8,10-11,20,23H,9H2,1-2H3,(H,21,24)(H,22,25). The first-order valence-corrected chi connectivity index (χ1v) is 10.1. The number of para-hydroxylation sites is 1. The Bertz CT molecular complexity index is 1170. The number of H-pyrrole nitrogens is 1. The number of hydrogen-bond donors (Lipinski definition) is 4. The molecule has 0 aliphatic rings. The Labute approximate surface area is 167 Å². The molecule has 4 N–H and O–H groups in total. The minimum absolute atomic E-state index is 0.00265. The van der Waals surface area contributed by atoms with Gasteiger partial charge in [-0.3, -0.25) is 15.0 Å². The third kappa shape index (κ3) is 4.73. The summed E-state index contributed by atoms with van der Waals surface area (Å²) < 4.78 is 30.1. The lowest BCUT2D eigenvalue weighted by Gasteiger charge is -2.12. The molecule has 0 radical (unpaired) electrons. The van der Waals surface area contributed by atoms with Crippen molar-refractivity contribution in [1.29, 1.82) is 0 Å². The highest BCUT2D eigenvalue weighted by Gasteiger charge is 2.18. The van der Waals surface area contributed by atoms with Crippen molar-refractivity contribution in [2.75, 3.05) is 12.4 Å². The molecule has 1 aromatic heterocycles. The number of fused-ring (bicyclic) bond motifs is 1. The highest BCUT2D eigenvalue weighted by atomic mass is 32.2. The molecular formula is C19H20N4O5S. The molecule has 29 heavy (non-hydrogen) atoms. The van der Waals surface area contributed by atoms with Crippen LogP contribution in [-0.2, 0) is 26.0 Å². The second-order valence-electron chi connectivity index (χ2n) is 6.23. The van der Waals surface area contributed by atoms with Gasteiger partial charge in [-0.1, -0.05) is 18.2 Å². The monoisotopic (exact) mass is 416 g/mol. The van der Waals surface area contributed by atoms with E-state index in [1.807, 2.05) is 24.3 Å². The van der Waals surface area contributed by atoms with Crippen LogP contribution in [0.25, 0.3) is 10.9 Å². The number of aromatic nitrogens is 1. The van der Waals surface area contributed by atoms with E-state index in [2.05, 4.69) is 20.6 Å². The summed E-state index contributed by atoms with van der Waals surface area (Å²) in [5, 5.41) is 3.43. The molecule has 2 amide bonds. The average molecular weight is 416 g/mol. The fourth-order valence-electron chi connectivity index (χ4n) is 2.81. The van der Waals surface area contributed by atoms with E-state index in [0.717, 1.165) is 16.5 Å². The van der Waals surface area contributed by atoms with Gasteiger partial charge in [0.25, 0.3) is 10.0 Å². The minimum Gasteiger partial charge on any atom is -0.495 e. The van der Waals surface area contributed by atoms with Gasteiger partial charge in [0.2, 0.25) is 11.8 Å². The number of anilines is 1. The van der Waals surface area contributed by atoms with Crippen LogP contribution < -0.4 is 20.3 Å². The lowest BCUT2D eigenvalue weighted by Crippen LogP contribution is -2.42. The molecule has 0 bridgehead atoms. The molecule has 0 spiro atoms. The molecule has 0 saturated heterocycles. The highest BCUT2D eigenvalue weighted by molar-refractivity contribution is 7.89. The Morgan fingerprint density at radius 1 is 1.14 bits per heavy atom. The van der Waals surface area contributed by atoms with E-state index in [4.69, 9.17) is 4.74 Å². The summed E-state index contributed by atoms with van der Waals surface area (Å²) in [7, 11) is -2.68. The van der Waals surface area contributed by atoms with Crippen molar-refractivity contribution in [3.63, 3.8) is 0 Å². The Morgan fingerprint density at radius 3 is 2.62 bits per heavy atom. The van der Waals surface area contributed by atoms with Crippen LogP contribution in [-0.4, -0.2) is 32.3 Å². The van der Waals surface area contributed by atoms with Gasteiger partial charge in [-0.25, -0.2) is 8.42 Å². The third-order valence-electron chi connectivity index (χ3n) is 4.14. The van der Waals surface area contributed by atoms with Crippen LogP contribution in [0.1, 0.15) is 12.5 Å². The molecule has 3 aromatic rings. The predicted octanol–water partition coefficient (Wildman–Crippen LogP) is 1.69. The molecule has 1 heterocycles. The van der Waals surface area contributed by atoms with Crippen LogP contribution in [0.3, 0.4) is 0 Å². The molecule has 0 aliphatic heterocycles. The summed E-state index contributed by atoms with van der Waals surface area (Å²) in [4.78, 5) is 28.4. The molecule has 0 fully saturated rings. The van der Waals surface area contributed by atoms with E-state index in [1.54, 1.807) is 6.20 Å². The minimum atomic E-state index is -4.04. The van der Waals surface area contributed by atoms with Crippen LogP contribution in [0.4, 0.5) is 5.69 Å². The molecular weight excluding hydrogens is 396 g/mol. The van der Waals surface area contributed by atoms with Gasteiger partial charge in [-0.15, -0.1) is 4.83 Å². The Morgan fingerprint density at radius 2 is 1.90 bits per heavy atom. The Kier molecular flexibility index (Phi) is 5.85. The fourth-order valence-corrected chi connectivity index (χ4v) is 3.69. The second kappa shape index (κ2) is 8.33. The number of benzene rings is 2. The van der Waals surface area contributed by atoms with Gasteiger partial charge in [-0.2, -0.15) is 0 Å². The molecule has 0 unspecified atom stereocenters. The van der Waals surface area contributed by atoms with Crippen molar-refractivity contribution in [2.45, 2.75) is 18.2 Å². The van der Waals surface area contributed by atoms with Crippen molar-refractivity contribution < 1.29 is 22.7 Å². The quantitative estimate of drug-likeness (QED) is 0.436. The summed E-state index contributed by atoms with van der Waals surface area (Å²) in [6.45, 7) is 1.33. The van der Waals surface area contributed by atoms with E-state index < -0.39 is 15.9 Å². The summed E-state index contributed by atoms with van der Waals surface area (Å²) >= 11 is 0. The zero-order chi connectivity index (χ0) is 21.0. The van der Waals surface area contributed by atoms with E-state index in [9.17, 15) is 18.0 Å². The van der Waals surface area contributed by atoms with Crippen molar-refractivity contribution in [1.82, 2.24) is 15.2 Å². The van der Waals surface area contributed by atoms with Crippen molar-refractivity contribution in [3.05, 3.63) is 54.2 Å². The molecule has 2 aromatic carbocycles. The van der Waals surface area contributed by atoms with E-state index in [-0.39, 0.29) is 23.0 Å². The highest BCUT2D eigenvalue weighted by Crippen LogP contribution is 2.27.